The van der Waals surface area contributed by atoms with Crippen LogP contribution in [0.4, 0.5) is 41.6 Å². The summed E-state index contributed by atoms with van der Waals surface area (Å²) in [7, 11) is 1.68. The maximum Gasteiger partial charge on any atom is 0.183 e. The van der Waals surface area contributed by atoms with Crippen LogP contribution in [0.2, 0.25) is 0 Å². The number of methoxy groups -OCH3 is 1. The van der Waals surface area contributed by atoms with Crippen molar-refractivity contribution >= 4 is 148 Å². The van der Waals surface area contributed by atoms with Crippen LogP contribution in [-0.2, 0) is 4.74 Å². The van der Waals surface area contributed by atoms with Crippen LogP contribution in [-0.4, -0.2) is 117 Å². The Morgan fingerprint density at radius 1 is 0.293 bits per heavy atom. The maximum absolute atomic E-state index is 5.78. The van der Waals surface area contributed by atoms with E-state index in [1.807, 2.05) is 71.0 Å². The van der Waals surface area contributed by atoms with Gasteiger partial charge < -0.3 is 56.3 Å². The number of hydrogen-bond donors (Lipinski definition) is 7. The predicted octanol–water partition coefficient (Wildman–Crippen LogP) is 36.1. The van der Waals surface area contributed by atoms with Crippen LogP contribution in [0.5, 0.6) is 11.5 Å². The highest BCUT2D eigenvalue weighted by atomic mass is 79.9. The molecular formula is C119H155BrN16O3S8. The molecule has 147 heavy (non-hydrogen) atoms. The van der Waals surface area contributed by atoms with Gasteiger partial charge in [-0.25, -0.2) is 39.9 Å². The Hall–Kier alpha value is -10.8. The van der Waals surface area contributed by atoms with Crippen molar-refractivity contribution in [3.8, 4) is 102 Å². The molecular weight excluding hydrogens is 2040 g/mol. The molecule has 784 valence electrons. The second-order valence-corrected chi connectivity index (χ2v) is 52.8. The second-order valence-electron chi connectivity index (χ2n) is 44.8. The molecule has 8 aromatic heterocycles. The molecule has 0 radical (unpaired) electrons. The zero-order valence-electron chi connectivity index (χ0n) is 92.2. The maximum atomic E-state index is 5.78. The third-order valence-corrected chi connectivity index (χ3v) is 27.4. The fourth-order valence-corrected chi connectivity index (χ4v) is 21.8. The van der Waals surface area contributed by atoms with Crippen LogP contribution in [0.15, 0.2) is 236 Å². The first-order valence-corrected chi connectivity index (χ1v) is 57.8. The highest BCUT2D eigenvalue weighted by Gasteiger charge is 2.23. The van der Waals surface area contributed by atoms with Crippen LogP contribution in [0, 0.1) is 41.5 Å². The molecule has 0 aliphatic carbocycles. The van der Waals surface area contributed by atoms with Crippen molar-refractivity contribution in [3.05, 3.63) is 268 Å². The van der Waals surface area contributed by atoms with Crippen LogP contribution < -0.4 is 51.6 Å². The Morgan fingerprint density at radius 3 is 0.782 bits per heavy atom. The molecule has 0 spiro atoms. The normalized spacial score (nSPS) is 12.4. The number of nitrogens with zero attached hydrogens (tertiary/aromatic N) is 9. The molecule has 1 aliphatic heterocycles. The largest absolute Gasteiger partial charge is 0.488 e. The van der Waals surface area contributed by atoms with E-state index in [-0.39, 0.29) is 50.5 Å². The first-order chi connectivity index (χ1) is 68.9. The van der Waals surface area contributed by atoms with Gasteiger partial charge in [0.1, 0.15) is 23.2 Å². The van der Waals surface area contributed by atoms with Gasteiger partial charge in [-0.1, -0.05) is 160 Å². The SMILES string of the molecule is CC(C)(C)Nc1nc(-c2ccc(N3CCCCC3)cc2)cs1.COCC(C)Oc1ccc(-c2csc(NC(C)(C)C)n2)cc1.Cc1ccc(-c2csc(NC(C)(C)C)n2)c(Br)c1.Cc1ccc(-c2csc(NC(C)(C)C)n2)cc1.Cc1ccc(-c2csc(NC(C)(C)C)n2)cc1.Cc1ccc(-c2csc(NC(C)(C)C)n2)cc1.Cc1ccc(-c2csc(NC(C)(C)C)n2)cc1.Cc1nc(-c2ccc(OC(C)(C)C)cc2)cs1. The standard InChI is InChI=1S/C18H25N3S.C17H24N2O2S.C14H17BrN2S.4C14H18N2S.C14H17NOS/c1-18(2,3)20-17-19-16(13-22-17)14-7-9-15(10-8-14)21-11-5-4-6-12-21;1-12(10-20-5)21-14-8-6-13(7-9-14)15-11-22-16(18-15)19-17(2,3)4;1-9-5-6-10(11(15)7-9)12-8-18-13(16-12)17-14(2,3)4;4*1-10-5-7-11(8-6-10)12-9-17-13(15-12)16-14(2,3)4;1-10-15-13(9-17-10)11-5-7-12(8-6-11)16-14(2,3)4/h7-10,13H,4-6,11-12H2,1-3H3,(H,19,20);6-9,11-12H,10H2,1-5H3,(H,18,19);5-8H,1-4H3,(H,16,17);4*5-9H,1-4H3,(H,15,16);5-9H,1-4H3. The molecule has 0 bridgehead atoms. The summed E-state index contributed by atoms with van der Waals surface area (Å²) in [4.78, 5) is 39.3. The smallest absolute Gasteiger partial charge is 0.183 e. The number of benzene rings is 8. The number of piperidine rings is 1. The average molecular weight is 2190 g/mol. The van der Waals surface area contributed by atoms with Crippen molar-refractivity contribution in [2.24, 2.45) is 0 Å². The summed E-state index contributed by atoms with van der Waals surface area (Å²) in [5.41, 5.74) is 25.4. The van der Waals surface area contributed by atoms with Crippen LogP contribution in [0.1, 0.15) is 225 Å². The van der Waals surface area contributed by atoms with Gasteiger partial charge in [-0.15, -0.1) is 90.7 Å². The number of thiazole rings is 8. The minimum atomic E-state index is -0.154. The number of ether oxygens (including phenoxy) is 3. The van der Waals surface area contributed by atoms with Gasteiger partial charge in [0, 0.05) is 157 Å². The highest BCUT2D eigenvalue weighted by molar-refractivity contribution is 9.10. The summed E-state index contributed by atoms with van der Waals surface area (Å²) in [6.07, 6.45) is 4.04. The summed E-state index contributed by atoms with van der Waals surface area (Å²) >= 11 is 16.8. The van der Waals surface area contributed by atoms with Gasteiger partial charge in [0.05, 0.1) is 57.2 Å². The first kappa shape index (κ1) is 118. The third kappa shape index (κ3) is 43.4. The fraction of sp³-hybridized carbons (Fsp3) is 0.395. The number of halogens is 1. The van der Waals surface area contributed by atoms with E-state index in [4.69, 9.17) is 19.2 Å². The lowest BCUT2D eigenvalue weighted by atomic mass is 10.1. The van der Waals surface area contributed by atoms with E-state index in [0.717, 1.165) is 119 Å². The quantitative estimate of drug-likeness (QED) is 0.0356. The van der Waals surface area contributed by atoms with Gasteiger partial charge in [0.2, 0.25) is 0 Å². The molecule has 17 rings (SSSR count). The lowest BCUT2D eigenvalue weighted by Gasteiger charge is -2.28. The Bertz CT molecular complexity index is 6230. The van der Waals surface area contributed by atoms with Gasteiger partial charge >= 0.3 is 0 Å². The minimum Gasteiger partial charge on any atom is -0.488 e. The molecule has 1 atom stereocenters. The summed E-state index contributed by atoms with van der Waals surface area (Å²) in [5, 5.41) is 48.4. The van der Waals surface area contributed by atoms with Crippen molar-refractivity contribution in [3.63, 3.8) is 0 Å². The molecule has 16 aromatic rings. The number of nitrogens with one attached hydrogen (secondary N) is 7. The monoisotopic (exact) mass is 2190 g/mol. The van der Waals surface area contributed by atoms with E-state index in [0.29, 0.717) is 6.61 Å². The molecule has 19 nitrogen and oxygen atoms in total. The molecule has 28 heteroatoms. The van der Waals surface area contributed by atoms with E-state index in [1.165, 1.54) is 93.7 Å². The van der Waals surface area contributed by atoms with Crippen molar-refractivity contribution in [2.75, 3.05) is 68.9 Å². The van der Waals surface area contributed by atoms with Crippen molar-refractivity contribution in [1.29, 1.82) is 0 Å². The molecule has 1 aliphatic rings. The third-order valence-electron chi connectivity index (χ3n) is 20.7. The van der Waals surface area contributed by atoms with Crippen LogP contribution in [0.25, 0.3) is 90.1 Å². The summed E-state index contributed by atoms with van der Waals surface area (Å²) in [6.45, 7) is 68.5. The minimum absolute atomic E-state index is 0.0182. The van der Waals surface area contributed by atoms with E-state index >= 15 is 0 Å². The average Bonchev–Trinajstić information content (AvgIpc) is 1.74. The van der Waals surface area contributed by atoms with E-state index < -0.39 is 0 Å². The Morgan fingerprint density at radius 2 is 0.531 bits per heavy atom. The second kappa shape index (κ2) is 53.6. The van der Waals surface area contributed by atoms with Gasteiger partial charge in [-0.05, 0) is 306 Å². The molecule has 0 amide bonds. The topological polar surface area (TPSA) is 218 Å². The lowest BCUT2D eigenvalue weighted by Crippen LogP contribution is -2.29. The van der Waals surface area contributed by atoms with Gasteiger partial charge in [0.15, 0.2) is 35.9 Å². The molecule has 1 saturated heterocycles. The van der Waals surface area contributed by atoms with Crippen LogP contribution >= 0.6 is 107 Å². The molecule has 7 N–H and O–H groups in total. The van der Waals surface area contributed by atoms with Gasteiger partial charge in [0.25, 0.3) is 0 Å². The van der Waals surface area contributed by atoms with Gasteiger partial charge in [-0.3, -0.25) is 0 Å². The summed E-state index contributed by atoms with van der Waals surface area (Å²) in [5.74, 6) is 1.74. The lowest BCUT2D eigenvalue weighted by molar-refractivity contribution is 0.0921. The fourth-order valence-electron chi connectivity index (χ4n) is 14.0. The molecule has 1 fully saturated rings. The zero-order chi connectivity index (χ0) is 107. The Kier molecular flexibility index (Phi) is 43.1. The van der Waals surface area contributed by atoms with E-state index in [1.54, 1.807) is 97.8 Å². The predicted molar refractivity (Wildman–Crippen MR) is 649 cm³/mol. The van der Waals surface area contributed by atoms with Crippen molar-refractivity contribution in [1.82, 2.24) is 39.9 Å². The number of anilines is 8. The molecule has 8 aromatic carbocycles. The number of aryl methyl sites for hydroxylation is 6. The Balaban J connectivity index is 0.000000172. The zero-order valence-corrected chi connectivity index (χ0v) is 100. The first-order valence-electron chi connectivity index (χ1n) is 50.0. The van der Waals surface area contributed by atoms with E-state index in [2.05, 4.69) is 468 Å². The number of aromatic nitrogens is 8. The van der Waals surface area contributed by atoms with E-state index in [9.17, 15) is 0 Å². The molecule has 0 saturated carbocycles. The summed E-state index contributed by atoms with van der Waals surface area (Å²) in [6, 6.07) is 65.1. The highest BCUT2D eigenvalue weighted by Crippen LogP contribution is 2.38. The van der Waals surface area contributed by atoms with Gasteiger partial charge in [-0.2, -0.15) is 0 Å². The van der Waals surface area contributed by atoms with Crippen molar-refractivity contribution < 1.29 is 14.2 Å². The molecule has 9 heterocycles. The van der Waals surface area contributed by atoms with Crippen molar-refractivity contribution in [2.45, 2.75) is 284 Å². The number of rotatable bonds is 21. The summed E-state index contributed by atoms with van der Waals surface area (Å²) < 4.78 is 17.7. The molecule has 1 unspecified atom stereocenters. The van der Waals surface area contributed by atoms with Crippen LogP contribution in [0.3, 0.4) is 0 Å². The number of hydrogen-bond acceptors (Lipinski definition) is 27. The Labute approximate surface area is 917 Å².